The van der Waals surface area contributed by atoms with Crippen LogP contribution in [0.5, 0.6) is 5.75 Å². The second-order valence-corrected chi connectivity index (χ2v) is 3.82. The van der Waals surface area contributed by atoms with Crippen LogP contribution in [0.15, 0.2) is 30.3 Å². The first-order chi connectivity index (χ1) is 9.08. The second-order valence-electron chi connectivity index (χ2n) is 3.82. The van der Waals surface area contributed by atoms with Crippen molar-refractivity contribution in [2.24, 2.45) is 0 Å². The van der Waals surface area contributed by atoms with Crippen LogP contribution in [0.2, 0.25) is 0 Å². The zero-order valence-corrected chi connectivity index (χ0v) is 10.5. The van der Waals surface area contributed by atoms with Crippen LogP contribution in [0.3, 0.4) is 0 Å². The third-order valence-corrected chi connectivity index (χ3v) is 2.41. The summed E-state index contributed by atoms with van der Waals surface area (Å²) in [5, 5.41) is 9.73. The Hall–Kier alpha value is -2.70. The van der Waals surface area contributed by atoms with Crippen LogP contribution >= 0.6 is 0 Å². The summed E-state index contributed by atoms with van der Waals surface area (Å²) in [5.74, 6) is 0.653. The van der Waals surface area contributed by atoms with Crippen LogP contribution in [-0.2, 0) is 0 Å². The van der Waals surface area contributed by atoms with Crippen molar-refractivity contribution in [3.8, 4) is 17.0 Å². The first-order valence-electron chi connectivity index (χ1n) is 5.49. The highest BCUT2D eigenvalue weighted by molar-refractivity contribution is 5.62. The SMILES string of the molecule is COc1cccc(-c2cc(C)nc(N[N+](=O)[O-])n2)c1. The van der Waals surface area contributed by atoms with Crippen molar-refractivity contribution in [1.29, 1.82) is 0 Å². The van der Waals surface area contributed by atoms with Crippen LogP contribution in [0.25, 0.3) is 11.3 Å². The van der Waals surface area contributed by atoms with Crippen LogP contribution < -0.4 is 10.2 Å². The van der Waals surface area contributed by atoms with Crippen molar-refractivity contribution < 1.29 is 9.77 Å². The number of nitro groups is 1. The predicted octanol–water partition coefficient (Wildman–Crippen LogP) is 2.06. The summed E-state index contributed by atoms with van der Waals surface area (Å²) >= 11 is 0. The lowest BCUT2D eigenvalue weighted by Crippen LogP contribution is -2.11. The van der Waals surface area contributed by atoms with E-state index in [9.17, 15) is 10.1 Å². The number of hydrogen-bond acceptors (Lipinski definition) is 5. The Bertz CT molecular complexity index is 616. The molecule has 2 aromatic rings. The van der Waals surface area contributed by atoms with Crippen molar-refractivity contribution in [3.63, 3.8) is 0 Å². The number of benzene rings is 1. The molecular formula is C12H12N4O3. The smallest absolute Gasteiger partial charge is 0.285 e. The highest BCUT2D eigenvalue weighted by atomic mass is 16.7. The van der Waals surface area contributed by atoms with E-state index in [-0.39, 0.29) is 5.95 Å². The number of nitrogens with zero attached hydrogens (tertiary/aromatic N) is 3. The van der Waals surface area contributed by atoms with Crippen molar-refractivity contribution in [3.05, 3.63) is 46.1 Å². The Kier molecular flexibility index (Phi) is 3.56. The zero-order valence-electron chi connectivity index (χ0n) is 10.5. The number of nitrogens with one attached hydrogen (secondary N) is 1. The van der Waals surface area contributed by atoms with Crippen LogP contribution in [0.1, 0.15) is 5.69 Å². The highest BCUT2D eigenvalue weighted by Crippen LogP contribution is 2.23. The molecule has 0 amide bonds. The molecule has 7 nitrogen and oxygen atoms in total. The van der Waals surface area contributed by atoms with Gasteiger partial charge in [-0.25, -0.2) is 20.1 Å². The first-order valence-corrected chi connectivity index (χ1v) is 5.49. The van der Waals surface area contributed by atoms with Gasteiger partial charge >= 0.3 is 0 Å². The number of anilines is 1. The summed E-state index contributed by atoms with van der Waals surface area (Å²) in [7, 11) is 1.57. The van der Waals surface area contributed by atoms with E-state index in [0.717, 1.165) is 5.56 Å². The minimum atomic E-state index is -0.690. The maximum Gasteiger partial charge on any atom is 0.285 e. The lowest BCUT2D eigenvalue weighted by atomic mass is 10.1. The topological polar surface area (TPSA) is 90.2 Å². The minimum absolute atomic E-state index is 0.0391. The van der Waals surface area contributed by atoms with Gasteiger partial charge < -0.3 is 4.74 Å². The lowest BCUT2D eigenvalue weighted by Gasteiger charge is -2.06. The van der Waals surface area contributed by atoms with Crippen LogP contribution in [0.4, 0.5) is 5.95 Å². The Morgan fingerprint density at radius 1 is 1.32 bits per heavy atom. The Morgan fingerprint density at radius 3 is 2.79 bits per heavy atom. The van der Waals surface area contributed by atoms with Gasteiger partial charge in [0, 0.05) is 11.3 Å². The number of ether oxygens (including phenoxy) is 1. The van der Waals surface area contributed by atoms with E-state index in [0.29, 0.717) is 17.1 Å². The molecule has 0 aliphatic heterocycles. The number of hydrogen-bond donors (Lipinski definition) is 1. The summed E-state index contributed by atoms with van der Waals surface area (Å²) in [6.07, 6.45) is 0. The Morgan fingerprint density at radius 2 is 2.11 bits per heavy atom. The van der Waals surface area contributed by atoms with Crippen molar-refractivity contribution >= 4 is 5.95 Å². The van der Waals surface area contributed by atoms with Gasteiger partial charge in [0.25, 0.3) is 5.95 Å². The molecule has 0 aliphatic carbocycles. The molecule has 1 aromatic carbocycles. The van der Waals surface area contributed by atoms with Crippen molar-refractivity contribution in [2.45, 2.75) is 6.92 Å². The zero-order chi connectivity index (χ0) is 13.8. The molecule has 1 heterocycles. The van der Waals surface area contributed by atoms with Crippen LogP contribution in [-0.4, -0.2) is 22.1 Å². The minimum Gasteiger partial charge on any atom is -0.497 e. The molecule has 1 N–H and O–H groups in total. The summed E-state index contributed by atoms with van der Waals surface area (Å²) in [4.78, 5) is 18.5. The van der Waals surface area contributed by atoms with Gasteiger partial charge in [0.15, 0.2) is 5.03 Å². The summed E-state index contributed by atoms with van der Waals surface area (Å²) in [6.45, 7) is 1.75. The van der Waals surface area contributed by atoms with Gasteiger partial charge in [-0.2, -0.15) is 0 Å². The standard InChI is InChI=1S/C12H12N4O3/c1-8-6-11(14-12(13-8)15-16(17)18)9-4-3-5-10(7-9)19-2/h3-7H,1-2H3,(H,13,14,15). The summed E-state index contributed by atoms with van der Waals surface area (Å²) in [6, 6.07) is 9.04. The number of aromatic nitrogens is 2. The van der Waals surface area contributed by atoms with E-state index in [1.165, 1.54) is 0 Å². The van der Waals surface area contributed by atoms with Crippen LogP contribution in [0, 0.1) is 17.0 Å². The Labute approximate surface area is 109 Å². The quantitative estimate of drug-likeness (QED) is 0.668. The maximum absolute atomic E-state index is 10.4. The Balaban J connectivity index is 2.43. The van der Waals surface area contributed by atoms with Gasteiger partial charge in [0.1, 0.15) is 5.75 Å². The van der Waals surface area contributed by atoms with Crippen molar-refractivity contribution in [1.82, 2.24) is 9.97 Å². The number of rotatable bonds is 4. The molecule has 0 unspecified atom stereocenters. The fourth-order valence-electron chi connectivity index (χ4n) is 1.63. The molecule has 19 heavy (non-hydrogen) atoms. The second kappa shape index (κ2) is 5.30. The molecule has 0 radical (unpaired) electrons. The molecule has 0 atom stereocenters. The highest BCUT2D eigenvalue weighted by Gasteiger charge is 2.08. The largest absolute Gasteiger partial charge is 0.497 e. The van der Waals surface area contributed by atoms with E-state index in [2.05, 4.69) is 9.97 Å². The molecule has 2 rings (SSSR count). The van der Waals surface area contributed by atoms with E-state index in [4.69, 9.17) is 4.74 Å². The molecular weight excluding hydrogens is 248 g/mol. The fraction of sp³-hybridized carbons (Fsp3) is 0.167. The molecule has 0 saturated carbocycles. The molecule has 0 spiro atoms. The third kappa shape index (κ3) is 3.15. The number of aryl methyl sites for hydroxylation is 1. The lowest BCUT2D eigenvalue weighted by molar-refractivity contribution is -0.446. The fourth-order valence-corrected chi connectivity index (χ4v) is 1.63. The molecule has 0 aliphatic rings. The average molecular weight is 260 g/mol. The number of methoxy groups -OCH3 is 1. The molecule has 98 valence electrons. The maximum atomic E-state index is 10.4. The molecule has 0 saturated heterocycles. The van der Waals surface area contributed by atoms with Gasteiger partial charge in [-0.15, -0.1) is 0 Å². The molecule has 0 fully saturated rings. The van der Waals surface area contributed by atoms with Gasteiger partial charge in [0.05, 0.1) is 12.8 Å². The molecule has 7 heteroatoms. The van der Waals surface area contributed by atoms with Gasteiger partial charge in [-0.05, 0) is 25.1 Å². The van der Waals surface area contributed by atoms with Gasteiger partial charge in [-0.1, -0.05) is 17.6 Å². The average Bonchev–Trinajstić information content (AvgIpc) is 2.37. The molecule has 1 aromatic heterocycles. The van der Waals surface area contributed by atoms with E-state index < -0.39 is 5.03 Å². The monoisotopic (exact) mass is 260 g/mol. The first kappa shape index (κ1) is 12.7. The van der Waals surface area contributed by atoms with Gasteiger partial charge in [0.2, 0.25) is 0 Å². The summed E-state index contributed by atoms with van der Waals surface area (Å²) in [5.41, 5.74) is 3.98. The van der Waals surface area contributed by atoms with Gasteiger partial charge in [-0.3, -0.25) is 0 Å². The van der Waals surface area contributed by atoms with E-state index in [1.807, 2.05) is 23.6 Å². The predicted molar refractivity (Wildman–Crippen MR) is 69.4 cm³/mol. The van der Waals surface area contributed by atoms with E-state index in [1.54, 1.807) is 26.2 Å². The summed E-state index contributed by atoms with van der Waals surface area (Å²) < 4.78 is 5.13. The molecule has 0 bridgehead atoms. The van der Waals surface area contributed by atoms with E-state index >= 15 is 0 Å². The third-order valence-electron chi connectivity index (χ3n) is 2.41. The number of hydrazine groups is 1. The van der Waals surface area contributed by atoms with Crippen molar-refractivity contribution in [2.75, 3.05) is 12.5 Å². The normalized spacial score (nSPS) is 10.0.